The van der Waals surface area contributed by atoms with Crippen molar-refractivity contribution in [2.24, 2.45) is 0 Å². The molecular formula is C19H22N2O4S. The number of nitrogens with one attached hydrogen (secondary N) is 1. The molecule has 6 nitrogen and oxygen atoms in total. The number of hydrogen-bond acceptors (Lipinski definition) is 4. The summed E-state index contributed by atoms with van der Waals surface area (Å²) in [6.45, 7) is 4.86. The molecule has 2 aromatic rings. The van der Waals surface area contributed by atoms with Crippen molar-refractivity contribution in [3.8, 4) is 5.75 Å². The van der Waals surface area contributed by atoms with Crippen molar-refractivity contribution in [2.75, 3.05) is 22.8 Å². The molecule has 1 saturated heterocycles. The largest absolute Gasteiger partial charge is 0.494 e. The van der Waals surface area contributed by atoms with E-state index in [1.807, 2.05) is 13.8 Å². The maximum absolute atomic E-state index is 12.7. The molecule has 0 spiro atoms. The second-order valence-electron chi connectivity index (χ2n) is 6.16. The SMILES string of the molecule is CCOc1cccc(NS(=O)(=O)c2ccc(N3CCCC3=O)c(C)c2)c1. The summed E-state index contributed by atoms with van der Waals surface area (Å²) in [5.74, 6) is 0.682. The summed E-state index contributed by atoms with van der Waals surface area (Å²) in [6, 6.07) is 11.6. The van der Waals surface area contributed by atoms with Gasteiger partial charge in [-0.05, 0) is 56.2 Å². The third-order valence-corrected chi connectivity index (χ3v) is 5.62. The fourth-order valence-electron chi connectivity index (χ4n) is 3.03. The van der Waals surface area contributed by atoms with Crippen molar-refractivity contribution in [1.29, 1.82) is 0 Å². The standard InChI is InChI=1S/C19H22N2O4S/c1-3-25-16-7-4-6-15(13-16)20-26(23,24)17-9-10-18(14(2)12-17)21-11-5-8-19(21)22/h4,6-7,9-10,12-13,20H,3,5,8,11H2,1-2H3. The molecule has 26 heavy (non-hydrogen) atoms. The average Bonchev–Trinajstić information content (AvgIpc) is 3.01. The Labute approximate surface area is 153 Å². The summed E-state index contributed by atoms with van der Waals surface area (Å²) in [5, 5.41) is 0. The van der Waals surface area contributed by atoms with Gasteiger partial charge in [0.1, 0.15) is 5.75 Å². The van der Waals surface area contributed by atoms with E-state index in [1.54, 1.807) is 41.3 Å². The Morgan fingerprint density at radius 3 is 2.65 bits per heavy atom. The summed E-state index contributed by atoms with van der Waals surface area (Å²) < 4.78 is 33.3. The first-order valence-corrected chi connectivity index (χ1v) is 10.1. The van der Waals surface area contributed by atoms with Crippen molar-refractivity contribution in [3.05, 3.63) is 48.0 Å². The van der Waals surface area contributed by atoms with Crippen LogP contribution in [0.15, 0.2) is 47.4 Å². The highest BCUT2D eigenvalue weighted by Crippen LogP contribution is 2.28. The van der Waals surface area contributed by atoms with Crippen LogP contribution in [-0.4, -0.2) is 27.5 Å². The summed E-state index contributed by atoms with van der Waals surface area (Å²) in [5.41, 5.74) is 1.96. The zero-order valence-corrected chi connectivity index (χ0v) is 15.7. The number of carbonyl (C=O) groups is 1. The highest BCUT2D eigenvalue weighted by Gasteiger charge is 2.24. The van der Waals surface area contributed by atoms with Gasteiger partial charge in [-0.3, -0.25) is 9.52 Å². The van der Waals surface area contributed by atoms with Gasteiger partial charge in [0.05, 0.1) is 17.2 Å². The summed E-state index contributed by atoms with van der Waals surface area (Å²) in [4.78, 5) is 13.8. The maximum atomic E-state index is 12.7. The van der Waals surface area contributed by atoms with Crippen LogP contribution >= 0.6 is 0 Å². The van der Waals surface area contributed by atoms with Crippen molar-refractivity contribution < 1.29 is 17.9 Å². The summed E-state index contributed by atoms with van der Waals surface area (Å²) in [6.07, 6.45) is 1.37. The van der Waals surface area contributed by atoms with Crippen LogP contribution in [0.25, 0.3) is 0 Å². The summed E-state index contributed by atoms with van der Waals surface area (Å²) >= 11 is 0. The number of benzene rings is 2. The second-order valence-corrected chi connectivity index (χ2v) is 7.85. The fourth-order valence-corrected chi connectivity index (χ4v) is 4.17. The van der Waals surface area contributed by atoms with Crippen molar-refractivity contribution in [1.82, 2.24) is 0 Å². The monoisotopic (exact) mass is 374 g/mol. The highest BCUT2D eigenvalue weighted by molar-refractivity contribution is 7.92. The molecule has 0 aliphatic carbocycles. The van der Waals surface area contributed by atoms with E-state index in [0.717, 1.165) is 17.7 Å². The molecule has 1 N–H and O–H groups in total. The van der Waals surface area contributed by atoms with E-state index in [-0.39, 0.29) is 10.8 Å². The van der Waals surface area contributed by atoms with Crippen LogP contribution in [0.2, 0.25) is 0 Å². The molecule has 0 radical (unpaired) electrons. The van der Waals surface area contributed by atoms with Gasteiger partial charge < -0.3 is 9.64 Å². The molecule has 0 bridgehead atoms. The molecule has 3 rings (SSSR count). The van der Waals surface area contributed by atoms with E-state index in [1.165, 1.54) is 6.07 Å². The van der Waals surface area contributed by atoms with Gasteiger partial charge in [0.25, 0.3) is 10.0 Å². The molecular weight excluding hydrogens is 352 g/mol. The third-order valence-electron chi connectivity index (χ3n) is 4.24. The van der Waals surface area contributed by atoms with Crippen molar-refractivity contribution >= 4 is 27.3 Å². The van der Waals surface area contributed by atoms with Gasteiger partial charge in [-0.25, -0.2) is 8.42 Å². The van der Waals surface area contributed by atoms with Gasteiger partial charge in [0.15, 0.2) is 0 Å². The molecule has 1 heterocycles. The molecule has 7 heteroatoms. The van der Waals surface area contributed by atoms with Crippen molar-refractivity contribution in [3.63, 3.8) is 0 Å². The number of anilines is 2. The van der Waals surface area contributed by atoms with E-state index < -0.39 is 10.0 Å². The van der Waals surface area contributed by atoms with Gasteiger partial charge in [0.2, 0.25) is 5.91 Å². The lowest BCUT2D eigenvalue weighted by Crippen LogP contribution is -2.24. The van der Waals surface area contributed by atoms with Crippen molar-refractivity contribution in [2.45, 2.75) is 31.6 Å². The Hall–Kier alpha value is -2.54. The first-order valence-electron chi connectivity index (χ1n) is 8.57. The lowest BCUT2D eigenvalue weighted by molar-refractivity contribution is -0.117. The molecule has 1 aliphatic heterocycles. The van der Waals surface area contributed by atoms with Crippen LogP contribution in [0.5, 0.6) is 5.75 Å². The Kier molecular flexibility index (Phi) is 5.18. The van der Waals surface area contributed by atoms with Gasteiger partial charge in [-0.2, -0.15) is 0 Å². The number of hydrogen-bond donors (Lipinski definition) is 1. The lowest BCUT2D eigenvalue weighted by Gasteiger charge is -2.19. The number of sulfonamides is 1. The average molecular weight is 374 g/mol. The van der Waals surface area contributed by atoms with Gasteiger partial charge in [0, 0.05) is 24.7 Å². The summed E-state index contributed by atoms with van der Waals surface area (Å²) in [7, 11) is -3.73. The number of amides is 1. The first kappa shape index (κ1) is 18.3. The first-order chi connectivity index (χ1) is 12.4. The van der Waals surface area contributed by atoms with E-state index in [0.29, 0.717) is 31.0 Å². The van der Waals surface area contributed by atoms with Gasteiger partial charge in [-0.1, -0.05) is 6.07 Å². The topological polar surface area (TPSA) is 75.7 Å². The number of ether oxygens (including phenoxy) is 1. The molecule has 0 unspecified atom stereocenters. The van der Waals surface area contributed by atoms with E-state index in [4.69, 9.17) is 4.74 Å². The minimum atomic E-state index is -3.73. The highest BCUT2D eigenvalue weighted by atomic mass is 32.2. The van der Waals surface area contributed by atoms with Crippen LogP contribution < -0.4 is 14.4 Å². The fraction of sp³-hybridized carbons (Fsp3) is 0.316. The molecule has 1 fully saturated rings. The van der Waals surface area contributed by atoms with Crippen LogP contribution in [0.4, 0.5) is 11.4 Å². The quantitative estimate of drug-likeness (QED) is 0.842. The smallest absolute Gasteiger partial charge is 0.261 e. The number of carbonyl (C=O) groups excluding carboxylic acids is 1. The molecule has 1 aliphatic rings. The minimum Gasteiger partial charge on any atom is -0.494 e. The molecule has 138 valence electrons. The molecule has 0 aromatic heterocycles. The predicted molar refractivity (Wildman–Crippen MR) is 101 cm³/mol. The second kappa shape index (κ2) is 7.37. The van der Waals surface area contributed by atoms with E-state index in [2.05, 4.69) is 4.72 Å². The number of aryl methyl sites for hydroxylation is 1. The van der Waals surface area contributed by atoms with E-state index >= 15 is 0 Å². The Balaban J connectivity index is 1.84. The molecule has 1 amide bonds. The minimum absolute atomic E-state index is 0.0783. The zero-order chi connectivity index (χ0) is 18.7. The van der Waals surface area contributed by atoms with Crippen LogP contribution in [0, 0.1) is 6.92 Å². The van der Waals surface area contributed by atoms with Gasteiger partial charge >= 0.3 is 0 Å². The van der Waals surface area contributed by atoms with E-state index in [9.17, 15) is 13.2 Å². The van der Waals surface area contributed by atoms with Crippen LogP contribution in [0.1, 0.15) is 25.3 Å². The zero-order valence-electron chi connectivity index (χ0n) is 14.9. The Morgan fingerprint density at radius 2 is 2.00 bits per heavy atom. The Morgan fingerprint density at radius 1 is 1.19 bits per heavy atom. The maximum Gasteiger partial charge on any atom is 0.261 e. The molecule has 0 atom stereocenters. The number of nitrogens with zero attached hydrogens (tertiary/aromatic N) is 1. The number of rotatable bonds is 6. The Bertz CT molecular complexity index is 925. The molecule has 0 saturated carbocycles. The predicted octanol–water partition coefficient (Wildman–Crippen LogP) is 3.32. The van der Waals surface area contributed by atoms with Gasteiger partial charge in [-0.15, -0.1) is 0 Å². The lowest BCUT2D eigenvalue weighted by atomic mass is 10.2. The third kappa shape index (κ3) is 3.83. The van der Waals surface area contributed by atoms with Crippen LogP contribution in [-0.2, 0) is 14.8 Å². The normalized spacial score (nSPS) is 14.5. The molecule has 2 aromatic carbocycles. The van der Waals surface area contributed by atoms with Crippen LogP contribution in [0.3, 0.4) is 0 Å².